The Balaban J connectivity index is 1.59. The van der Waals surface area contributed by atoms with E-state index in [-0.39, 0.29) is 17.6 Å². The van der Waals surface area contributed by atoms with Crippen molar-refractivity contribution in [3.63, 3.8) is 0 Å². The molecule has 0 aliphatic carbocycles. The van der Waals surface area contributed by atoms with Crippen molar-refractivity contribution in [2.24, 2.45) is 0 Å². The lowest BCUT2D eigenvalue weighted by Crippen LogP contribution is -2.34. The Morgan fingerprint density at radius 2 is 2.31 bits per heavy atom. The van der Waals surface area contributed by atoms with Crippen LogP contribution < -0.4 is 5.32 Å². The summed E-state index contributed by atoms with van der Waals surface area (Å²) in [5, 5.41) is 7.67. The predicted molar refractivity (Wildman–Crippen MR) is 99.4 cm³/mol. The van der Waals surface area contributed by atoms with Gasteiger partial charge in [-0.2, -0.15) is 0 Å². The molecule has 1 saturated heterocycles. The van der Waals surface area contributed by atoms with E-state index in [2.05, 4.69) is 21.4 Å². The van der Waals surface area contributed by atoms with Crippen LogP contribution in [0.2, 0.25) is 5.02 Å². The van der Waals surface area contributed by atoms with Crippen LogP contribution in [0.1, 0.15) is 40.6 Å². The van der Waals surface area contributed by atoms with Gasteiger partial charge in [0.15, 0.2) is 0 Å². The second-order valence-electron chi connectivity index (χ2n) is 6.53. The number of nitrogens with zero attached hydrogens (tertiary/aromatic N) is 2. The maximum Gasteiger partial charge on any atom is 0.289 e. The van der Waals surface area contributed by atoms with Crippen molar-refractivity contribution in [2.75, 3.05) is 33.4 Å². The summed E-state index contributed by atoms with van der Waals surface area (Å²) >= 11 is 6.28. The molecule has 7 heteroatoms. The normalized spacial score (nSPS) is 18.0. The molecule has 3 rings (SSSR count). The number of aromatic nitrogens is 1. The number of likely N-dealkylation sites (tertiary alicyclic amines) is 1. The van der Waals surface area contributed by atoms with Gasteiger partial charge in [0.25, 0.3) is 5.91 Å². The molecule has 1 fully saturated rings. The fourth-order valence-corrected chi connectivity index (χ4v) is 3.45. The monoisotopic (exact) mass is 377 g/mol. The Bertz CT molecular complexity index is 734. The minimum atomic E-state index is -0.260. The number of amides is 1. The zero-order valence-electron chi connectivity index (χ0n) is 14.9. The van der Waals surface area contributed by atoms with Gasteiger partial charge >= 0.3 is 0 Å². The number of ether oxygens (including phenoxy) is 1. The molecule has 0 spiro atoms. The summed E-state index contributed by atoms with van der Waals surface area (Å²) in [5.74, 6) is 0.249. The number of carbonyl (C=O) groups is 1. The van der Waals surface area contributed by atoms with E-state index in [4.69, 9.17) is 20.9 Å². The van der Waals surface area contributed by atoms with Crippen molar-refractivity contribution >= 4 is 17.5 Å². The van der Waals surface area contributed by atoms with Gasteiger partial charge in [-0.1, -0.05) is 35.0 Å². The lowest BCUT2D eigenvalue weighted by Gasteiger charge is -2.31. The lowest BCUT2D eigenvalue weighted by molar-refractivity contribution is 0.0900. The molecule has 2 heterocycles. The summed E-state index contributed by atoms with van der Waals surface area (Å²) in [6.45, 7) is 3.64. The highest BCUT2D eigenvalue weighted by molar-refractivity contribution is 6.31. The summed E-state index contributed by atoms with van der Waals surface area (Å²) in [5.41, 5.74) is 1.97. The molecule has 1 aromatic heterocycles. The summed E-state index contributed by atoms with van der Waals surface area (Å²) in [6, 6.07) is 9.69. The summed E-state index contributed by atoms with van der Waals surface area (Å²) in [7, 11) is 1.59. The van der Waals surface area contributed by atoms with E-state index in [9.17, 15) is 4.79 Å². The molecule has 2 aromatic rings. The van der Waals surface area contributed by atoms with Gasteiger partial charge in [0.2, 0.25) is 5.76 Å². The summed E-state index contributed by atoms with van der Waals surface area (Å²) in [6.07, 6.45) is 2.12. The topological polar surface area (TPSA) is 67.6 Å². The second kappa shape index (κ2) is 9.16. The van der Waals surface area contributed by atoms with E-state index in [0.717, 1.165) is 48.8 Å². The third-order valence-corrected chi connectivity index (χ3v) is 4.99. The average molecular weight is 378 g/mol. The van der Waals surface area contributed by atoms with E-state index < -0.39 is 0 Å². The molecule has 1 atom stereocenters. The van der Waals surface area contributed by atoms with Gasteiger partial charge in [0.1, 0.15) is 0 Å². The SMILES string of the molecule is COCCNC(=O)c1cc([C@@H]2CCCN(Cc3ccccc3Cl)C2)no1. The molecule has 1 aliphatic heterocycles. The Morgan fingerprint density at radius 1 is 1.46 bits per heavy atom. The van der Waals surface area contributed by atoms with Crippen molar-refractivity contribution in [3.05, 3.63) is 52.4 Å². The number of hydrogen-bond acceptors (Lipinski definition) is 5. The Kier molecular flexibility index (Phi) is 6.66. The number of halogens is 1. The number of methoxy groups -OCH3 is 1. The summed E-state index contributed by atoms with van der Waals surface area (Å²) in [4.78, 5) is 14.4. The van der Waals surface area contributed by atoms with E-state index in [1.807, 2.05) is 18.2 Å². The van der Waals surface area contributed by atoms with Gasteiger partial charge in [0, 0.05) is 43.8 Å². The Morgan fingerprint density at radius 3 is 3.12 bits per heavy atom. The maximum atomic E-state index is 12.0. The number of carbonyl (C=O) groups excluding carboxylic acids is 1. The minimum Gasteiger partial charge on any atom is -0.383 e. The Labute approximate surface area is 158 Å². The van der Waals surface area contributed by atoms with Crippen LogP contribution in [0.15, 0.2) is 34.9 Å². The van der Waals surface area contributed by atoms with Gasteiger partial charge in [-0.25, -0.2) is 0 Å². The average Bonchev–Trinajstić information content (AvgIpc) is 3.14. The standard InChI is InChI=1S/C19H24ClN3O3/c1-25-10-8-21-19(24)18-11-17(22-26-18)15-6-4-9-23(13-15)12-14-5-2-3-7-16(14)20/h2-3,5,7,11,15H,4,6,8-10,12-13H2,1H3,(H,21,24)/t15-/m1/s1. The highest BCUT2D eigenvalue weighted by Crippen LogP contribution is 2.28. The van der Waals surface area contributed by atoms with E-state index in [1.165, 1.54) is 0 Å². The molecular weight excluding hydrogens is 354 g/mol. The van der Waals surface area contributed by atoms with Crippen molar-refractivity contribution in [1.82, 2.24) is 15.4 Å². The van der Waals surface area contributed by atoms with Gasteiger partial charge in [-0.05, 0) is 31.0 Å². The minimum absolute atomic E-state index is 0.249. The van der Waals surface area contributed by atoms with Crippen molar-refractivity contribution in [3.8, 4) is 0 Å². The molecule has 0 saturated carbocycles. The molecule has 0 unspecified atom stereocenters. The largest absolute Gasteiger partial charge is 0.383 e. The number of nitrogens with one attached hydrogen (secondary N) is 1. The van der Waals surface area contributed by atoms with Gasteiger partial charge in [-0.15, -0.1) is 0 Å². The van der Waals surface area contributed by atoms with E-state index >= 15 is 0 Å². The Hall–Kier alpha value is -1.89. The van der Waals surface area contributed by atoms with Crippen molar-refractivity contribution in [1.29, 1.82) is 0 Å². The van der Waals surface area contributed by atoms with E-state index in [0.29, 0.717) is 13.2 Å². The molecule has 0 bridgehead atoms. The third-order valence-electron chi connectivity index (χ3n) is 4.62. The fraction of sp³-hybridized carbons (Fsp3) is 0.474. The van der Waals surface area contributed by atoms with Gasteiger partial charge in [-0.3, -0.25) is 9.69 Å². The van der Waals surface area contributed by atoms with Crippen LogP contribution in [0.5, 0.6) is 0 Å². The molecule has 26 heavy (non-hydrogen) atoms. The zero-order valence-corrected chi connectivity index (χ0v) is 15.7. The van der Waals surface area contributed by atoms with Crippen molar-refractivity contribution in [2.45, 2.75) is 25.3 Å². The zero-order chi connectivity index (χ0) is 18.4. The maximum absolute atomic E-state index is 12.0. The lowest BCUT2D eigenvalue weighted by atomic mass is 9.94. The number of rotatable bonds is 7. The molecule has 1 aliphatic rings. The first-order valence-electron chi connectivity index (χ1n) is 8.87. The highest BCUT2D eigenvalue weighted by Gasteiger charge is 2.25. The predicted octanol–water partition coefficient (Wildman–Crippen LogP) is 3.08. The highest BCUT2D eigenvalue weighted by atomic mass is 35.5. The number of hydrogen-bond donors (Lipinski definition) is 1. The van der Waals surface area contributed by atoms with Crippen LogP contribution in [0, 0.1) is 0 Å². The number of piperidine rings is 1. The van der Waals surface area contributed by atoms with Crippen LogP contribution in [-0.4, -0.2) is 49.3 Å². The smallest absolute Gasteiger partial charge is 0.289 e. The first-order chi connectivity index (χ1) is 12.7. The summed E-state index contributed by atoms with van der Waals surface area (Å²) < 4.78 is 10.2. The fourth-order valence-electron chi connectivity index (χ4n) is 3.25. The van der Waals surface area contributed by atoms with Crippen LogP contribution in [0.4, 0.5) is 0 Å². The second-order valence-corrected chi connectivity index (χ2v) is 6.94. The number of benzene rings is 1. The first-order valence-corrected chi connectivity index (χ1v) is 9.24. The quantitative estimate of drug-likeness (QED) is 0.751. The molecule has 1 amide bonds. The van der Waals surface area contributed by atoms with E-state index in [1.54, 1.807) is 13.2 Å². The molecule has 6 nitrogen and oxygen atoms in total. The molecule has 0 radical (unpaired) electrons. The molecule has 1 N–H and O–H groups in total. The van der Waals surface area contributed by atoms with Crippen LogP contribution >= 0.6 is 11.6 Å². The van der Waals surface area contributed by atoms with Crippen LogP contribution in [0.25, 0.3) is 0 Å². The molecule has 140 valence electrons. The third kappa shape index (κ3) is 4.84. The van der Waals surface area contributed by atoms with Crippen LogP contribution in [0.3, 0.4) is 0 Å². The first kappa shape index (κ1) is 18.9. The van der Waals surface area contributed by atoms with Crippen molar-refractivity contribution < 1.29 is 14.1 Å². The molecule has 1 aromatic carbocycles. The molecular formula is C19H24ClN3O3. The van der Waals surface area contributed by atoms with Gasteiger partial charge in [0.05, 0.1) is 12.3 Å². The van der Waals surface area contributed by atoms with Crippen LogP contribution in [-0.2, 0) is 11.3 Å². The van der Waals surface area contributed by atoms with Gasteiger partial charge < -0.3 is 14.6 Å².